The first-order chi connectivity index (χ1) is 14.8. The van der Waals surface area contributed by atoms with Crippen LogP contribution in [0.25, 0.3) is 10.9 Å². The van der Waals surface area contributed by atoms with E-state index in [4.69, 9.17) is 4.74 Å². The minimum Gasteiger partial charge on any atom is -0.383 e. The zero-order valence-electron chi connectivity index (χ0n) is 18.4. The number of piperidine rings is 2. The van der Waals surface area contributed by atoms with Gasteiger partial charge in [0.2, 0.25) is 5.91 Å². The van der Waals surface area contributed by atoms with Crippen molar-refractivity contribution in [3.63, 3.8) is 0 Å². The Balaban J connectivity index is 1.33. The molecule has 164 valence electrons. The van der Waals surface area contributed by atoms with Gasteiger partial charge in [-0.15, -0.1) is 0 Å². The summed E-state index contributed by atoms with van der Waals surface area (Å²) >= 11 is 0. The molecule has 4 rings (SSSR count). The van der Waals surface area contributed by atoms with E-state index in [9.17, 15) is 4.79 Å². The van der Waals surface area contributed by atoms with Crippen LogP contribution in [0, 0.1) is 5.92 Å². The standard InChI is InChI=1S/C25H37N3O2/c1-30-17-16-28(19-21-9-7-15-27-14-5-4-12-24(21)27)25(29)13-6-8-20-18-26-23-11-3-2-10-22(20)23/h2-3,10-11,18,21,24,26H,4-9,12-17,19H2,1H3/t21-,24+/m0/s1. The zero-order valence-corrected chi connectivity index (χ0v) is 18.4. The number of benzene rings is 1. The summed E-state index contributed by atoms with van der Waals surface area (Å²) in [5, 5.41) is 1.28. The zero-order chi connectivity index (χ0) is 20.8. The molecule has 0 spiro atoms. The molecule has 3 heterocycles. The molecular weight excluding hydrogens is 374 g/mol. The lowest BCUT2D eigenvalue weighted by Crippen LogP contribution is -2.52. The molecule has 1 aromatic heterocycles. The molecule has 1 aromatic carbocycles. The van der Waals surface area contributed by atoms with Crippen LogP contribution >= 0.6 is 0 Å². The van der Waals surface area contributed by atoms with E-state index < -0.39 is 0 Å². The van der Waals surface area contributed by atoms with Crippen LogP contribution in [0.15, 0.2) is 30.5 Å². The second-order valence-corrected chi connectivity index (χ2v) is 9.05. The fraction of sp³-hybridized carbons (Fsp3) is 0.640. The number of aromatic amines is 1. The highest BCUT2D eigenvalue weighted by Gasteiger charge is 2.34. The fourth-order valence-electron chi connectivity index (χ4n) is 5.52. The highest BCUT2D eigenvalue weighted by atomic mass is 16.5. The second-order valence-electron chi connectivity index (χ2n) is 9.05. The summed E-state index contributed by atoms with van der Waals surface area (Å²) < 4.78 is 5.32. The molecule has 1 amide bonds. The predicted octanol–water partition coefficient (Wildman–Crippen LogP) is 4.23. The number of hydrogen-bond donors (Lipinski definition) is 1. The van der Waals surface area contributed by atoms with E-state index in [1.807, 2.05) is 0 Å². The highest BCUT2D eigenvalue weighted by molar-refractivity contribution is 5.83. The number of aryl methyl sites for hydroxylation is 1. The van der Waals surface area contributed by atoms with Gasteiger partial charge in [-0.3, -0.25) is 4.79 Å². The van der Waals surface area contributed by atoms with Gasteiger partial charge in [0.15, 0.2) is 0 Å². The third-order valence-corrected chi connectivity index (χ3v) is 7.11. The maximum Gasteiger partial charge on any atom is 0.222 e. The Labute approximate surface area is 180 Å². The van der Waals surface area contributed by atoms with Crippen molar-refractivity contribution >= 4 is 16.8 Å². The number of carbonyl (C=O) groups is 1. The predicted molar refractivity (Wildman–Crippen MR) is 122 cm³/mol. The summed E-state index contributed by atoms with van der Waals surface area (Å²) in [4.78, 5) is 21.3. The maximum absolute atomic E-state index is 13.1. The normalized spacial score (nSPS) is 22.2. The summed E-state index contributed by atoms with van der Waals surface area (Å²) in [5.41, 5.74) is 2.49. The van der Waals surface area contributed by atoms with Crippen molar-refractivity contribution < 1.29 is 9.53 Å². The molecule has 1 N–H and O–H groups in total. The number of carbonyl (C=O) groups excluding carboxylic acids is 1. The Kier molecular flexibility index (Phi) is 7.45. The van der Waals surface area contributed by atoms with Gasteiger partial charge in [-0.1, -0.05) is 24.6 Å². The number of fused-ring (bicyclic) bond motifs is 2. The molecule has 0 radical (unpaired) electrons. The van der Waals surface area contributed by atoms with Crippen LogP contribution in [0.1, 0.15) is 50.5 Å². The molecule has 2 saturated heterocycles. The molecular formula is C25H37N3O2. The molecule has 2 atom stereocenters. The number of methoxy groups -OCH3 is 1. The maximum atomic E-state index is 13.1. The topological polar surface area (TPSA) is 48.6 Å². The SMILES string of the molecule is COCCN(C[C@@H]1CCCN2CCCC[C@H]12)C(=O)CCCc1c[nH]c2ccccc12. The van der Waals surface area contributed by atoms with E-state index in [1.165, 1.54) is 61.7 Å². The third kappa shape index (κ3) is 5.06. The number of aromatic nitrogens is 1. The highest BCUT2D eigenvalue weighted by Crippen LogP contribution is 2.31. The van der Waals surface area contributed by atoms with Gasteiger partial charge in [0.1, 0.15) is 0 Å². The molecule has 2 aromatic rings. The number of H-pyrrole nitrogens is 1. The van der Waals surface area contributed by atoms with Crippen LogP contribution in [0.3, 0.4) is 0 Å². The van der Waals surface area contributed by atoms with E-state index in [1.54, 1.807) is 7.11 Å². The van der Waals surface area contributed by atoms with Crippen LogP contribution in [-0.2, 0) is 16.0 Å². The second kappa shape index (κ2) is 10.5. The van der Waals surface area contributed by atoms with Gasteiger partial charge in [-0.05, 0) is 69.2 Å². The summed E-state index contributed by atoms with van der Waals surface area (Å²) in [6.45, 7) is 4.73. The third-order valence-electron chi connectivity index (χ3n) is 7.11. The van der Waals surface area contributed by atoms with Crippen LogP contribution in [0.2, 0.25) is 0 Å². The summed E-state index contributed by atoms with van der Waals surface area (Å²) in [6.07, 6.45) is 11.1. The first kappa shape index (κ1) is 21.4. The van der Waals surface area contributed by atoms with Gasteiger partial charge in [0.25, 0.3) is 0 Å². The summed E-state index contributed by atoms with van der Waals surface area (Å²) in [5.74, 6) is 0.910. The number of amides is 1. The first-order valence-corrected chi connectivity index (χ1v) is 11.8. The number of ether oxygens (including phenoxy) is 1. The van der Waals surface area contributed by atoms with Crippen molar-refractivity contribution in [2.75, 3.05) is 39.9 Å². The van der Waals surface area contributed by atoms with E-state index in [-0.39, 0.29) is 0 Å². The van der Waals surface area contributed by atoms with Crippen molar-refractivity contribution in [3.8, 4) is 0 Å². The van der Waals surface area contributed by atoms with Crippen molar-refractivity contribution in [2.24, 2.45) is 5.92 Å². The van der Waals surface area contributed by atoms with Crippen LogP contribution in [0.4, 0.5) is 0 Å². The van der Waals surface area contributed by atoms with Gasteiger partial charge in [0.05, 0.1) is 6.61 Å². The Morgan fingerprint density at radius 3 is 2.97 bits per heavy atom. The average molecular weight is 412 g/mol. The van der Waals surface area contributed by atoms with Crippen molar-refractivity contribution in [2.45, 2.75) is 57.4 Å². The monoisotopic (exact) mass is 411 g/mol. The molecule has 5 nitrogen and oxygen atoms in total. The smallest absolute Gasteiger partial charge is 0.222 e. The van der Waals surface area contributed by atoms with Gasteiger partial charge < -0.3 is 19.5 Å². The van der Waals surface area contributed by atoms with Crippen molar-refractivity contribution in [1.29, 1.82) is 0 Å². The van der Waals surface area contributed by atoms with Crippen molar-refractivity contribution in [3.05, 3.63) is 36.0 Å². The number of hydrogen-bond acceptors (Lipinski definition) is 3. The lowest BCUT2D eigenvalue weighted by Gasteiger charge is -2.45. The van der Waals surface area contributed by atoms with Gasteiger partial charge in [-0.2, -0.15) is 0 Å². The number of nitrogens with zero attached hydrogens (tertiary/aromatic N) is 2. The van der Waals surface area contributed by atoms with Crippen LogP contribution in [0.5, 0.6) is 0 Å². The number of para-hydroxylation sites is 1. The number of nitrogens with one attached hydrogen (secondary N) is 1. The molecule has 5 heteroatoms. The van der Waals surface area contributed by atoms with Crippen molar-refractivity contribution in [1.82, 2.24) is 14.8 Å². The van der Waals surface area contributed by atoms with Gasteiger partial charge in [0, 0.05) is 49.8 Å². The lowest BCUT2D eigenvalue weighted by molar-refractivity contribution is -0.133. The van der Waals surface area contributed by atoms with E-state index in [0.717, 1.165) is 19.4 Å². The van der Waals surface area contributed by atoms with E-state index in [0.29, 0.717) is 37.4 Å². The largest absolute Gasteiger partial charge is 0.383 e. The van der Waals surface area contributed by atoms with Gasteiger partial charge in [-0.25, -0.2) is 0 Å². The van der Waals surface area contributed by atoms with E-state index in [2.05, 4.69) is 45.2 Å². The quantitative estimate of drug-likeness (QED) is 0.672. The first-order valence-electron chi connectivity index (χ1n) is 11.8. The number of rotatable bonds is 9. The Hall–Kier alpha value is -1.85. The molecule has 0 aliphatic carbocycles. The Morgan fingerprint density at radius 1 is 1.20 bits per heavy atom. The average Bonchev–Trinajstić information content (AvgIpc) is 3.20. The molecule has 2 aliphatic rings. The minimum atomic E-state index is 0.292. The molecule has 0 saturated carbocycles. The minimum absolute atomic E-state index is 0.292. The van der Waals surface area contributed by atoms with E-state index >= 15 is 0 Å². The van der Waals surface area contributed by atoms with Gasteiger partial charge >= 0.3 is 0 Å². The molecule has 0 unspecified atom stereocenters. The lowest BCUT2D eigenvalue weighted by atomic mass is 9.83. The summed E-state index contributed by atoms with van der Waals surface area (Å²) in [7, 11) is 1.73. The Bertz CT molecular complexity index is 816. The molecule has 30 heavy (non-hydrogen) atoms. The molecule has 0 bridgehead atoms. The molecule has 2 fully saturated rings. The fourth-order valence-corrected chi connectivity index (χ4v) is 5.52. The van der Waals surface area contributed by atoms with Crippen LogP contribution < -0.4 is 0 Å². The summed E-state index contributed by atoms with van der Waals surface area (Å²) in [6, 6.07) is 9.08. The van der Waals surface area contributed by atoms with Crippen LogP contribution in [-0.4, -0.2) is 66.6 Å². The Morgan fingerprint density at radius 2 is 2.07 bits per heavy atom. The molecule has 2 aliphatic heterocycles.